The Labute approximate surface area is 553 Å². The molecule has 39 nitrogen and oxygen atoms in total. The molecule has 2 aromatic heterocycles. The van der Waals surface area contributed by atoms with Crippen molar-refractivity contribution in [1.82, 2.24) is 79.1 Å². The molecule has 0 saturated carbocycles. The van der Waals surface area contributed by atoms with Crippen LogP contribution in [0, 0.1) is 16.2 Å². The molecule has 14 amide bonds. The van der Waals surface area contributed by atoms with E-state index in [1.807, 2.05) is 29.6 Å². The quantitative estimate of drug-likeness (QED) is 0.0111. The number of amides is 14. The minimum atomic E-state index is -1.87. The number of aromatic amines is 2. The highest BCUT2D eigenvalue weighted by Crippen LogP contribution is 2.22. The molecular formula is C58H85N25O14. The van der Waals surface area contributed by atoms with E-state index in [1.54, 1.807) is 36.7 Å². The number of nitrogens with two attached hydrogens (primary N) is 7. The third-order valence-electron chi connectivity index (χ3n) is 14.4. The molecule has 0 spiro atoms. The second kappa shape index (κ2) is 38.8. The van der Waals surface area contributed by atoms with Gasteiger partial charge in [0.05, 0.1) is 32.4 Å². The number of H-pyrrole nitrogens is 2. The van der Waals surface area contributed by atoms with Crippen molar-refractivity contribution in [2.24, 2.45) is 40.1 Å². The molecule has 8 atom stereocenters. The molecule has 2 heterocycles. The lowest BCUT2D eigenvalue weighted by atomic mass is 10.0. The van der Waals surface area contributed by atoms with Crippen LogP contribution in [-0.2, 0) is 80.0 Å². The number of nitrogens with one attached hydrogen (secondary N) is 18. The van der Waals surface area contributed by atoms with Crippen molar-refractivity contribution in [2.75, 3.05) is 32.7 Å². The lowest BCUT2D eigenvalue weighted by Crippen LogP contribution is -2.59. The van der Waals surface area contributed by atoms with E-state index in [2.05, 4.69) is 73.8 Å². The normalized spacial score (nSPS) is 13.3. The van der Waals surface area contributed by atoms with Crippen LogP contribution in [0.5, 0.6) is 0 Å². The van der Waals surface area contributed by atoms with Crippen molar-refractivity contribution in [1.29, 1.82) is 16.2 Å². The predicted octanol–water partition coefficient (Wildman–Crippen LogP) is -8.53. The van der Waals surface area contributed by atoms with Crippen LogP contribution in [0.2, 0.25) is 0 Å². The Morgan fingerprint density at radius 1 is 0.381 bits per heavy atom. The van der Waals surface area contributed by atoms with Crippen molar-refractivity contribution in [3.8, 4) is 0 Å². The largest absolute Gasteiger partial charge is 0.370 e. The number of hydrogen-bond acceptors (Lipinski definition) is 17. The zero-order valence-electron chi connectivity index (χ0n) is 53.0. The first-order valence-corrected chi connectivity index (χ1v) is 30.3. The van der Waals surface area contributed by atoms with Gasteiger partial charge < -0.3 is 119 Å². The fourth-order valence-corrected chi connectivity index (χ4v) is 9.75. The fourth-order valence-electron chi connectivity index (χ4n) is 9.75. The predicted molar refractivity (Wildman–Crippen MR) is 349 cm³/mol. The zero-order chi connectivity index (χ0) is 71.9. The number of primary amides is 4. The van der Waals surface area contributed by atoms with E-state index >= 15 is 0 Å². The van der Waals surface area contributed by atoms with Crippen LogP contribution < -0.4 is 109 Å². The van der Waals surface area contributed by atoms with Gasteiger partial charge in [-0.1, -0.05) is 36.4 Å². The highest BCUT2D eigenvalue weighted by molar-refractivity contribution is 6.00. The van der Waals surface area contributed by atoms with Gasteiger partial charge in [-0.25, -0.2) is 0 Å². The Kier molecular flexibility index (Phi) is 31.0. The van der Waals surface area contributed by atoms with Crippen LogP contribution in [0.1, 0.15) is 75.8 Å². The Morgan fingerprint density at radius 3 is 1.11 bits per heavy atom. The fraction of sp³-hybridized carbons (Fsp3) is 0.431. The van der Waals surface area contributed by atoms with E-state index in [0.29, 0.717) is 22.0 Å². The molecule has 0 fully saturated rings. The molecule has 32 N–H and O–H groups in total. The zero-order valence-corrected chi connectivity index (χ0v) is 53.0. The van der Waals surface area contributed by atoms with E-state index in [9.17, 15) is 67.1 Å². The van der Waals surface area contributed by atoms with Crippen molar-refractivity contribution in [3.63, 3.8) is 0 Å². The van der Waals surface area contributed by atoms with Crippen molar-refractivity contribution in [3.05, 3.63) is 72.1 Å². The van der Waals surface area contributed by atoms with Gasteiger partial charge in [-0.15, -0.1) is 0 Å². The molecule has 0 unspecified atom stereocenters. The van der Waals surface area contributed by atoms with Crippen LogP contribution in [-0.4, -0.2) is 192 Å². The third-order valence-corrected chi connectivity index (χ3v) is 14.4. The smallest absolute Gasteiger partial charge is 0.243 e. The molecule has 4 aromatic rings. The highest BCUT2D eigenvalue weighted by atomic mass is 16.2. The van der Waals surface area contributed by atoms with Gasteiger partial charge >= 0.3 is 0 Å². The first-order valence-electron chi connectivity index (χ1n) is 30.3. The summed E-state index contributed by atoms with van der Waals surface area (Å²) in [7, 11) is 0. The number of fused-ring (bicyclic) bond motifs is 2. The van der Waals surface area contributed by atoms with E-state index in [4.69, 9.17) is 56.4 Å². The average molecular weight is 1360 g/mol. The molecule has 0 bridgehead atoms. The maximum atomic E-state index is 14.9. The maximum absolute atomic E-state index is 14.9. The second-order valence-electron chi connectivity index (χ2n) is 22.2. The number of carbonyl (C=O) groups is 14. The van der Waals surface area contributed by atoms with E-state index in [0.717, 1.165) is 10.9 Å². The van der Waals surface area contributed by atoms with Gasteiger partial charge in [-0.05, 0) is 61.8 Å². The van der Waals surface area contributed by atoms with Gasteiger partial charge in [0, 0.05) is 73.6 Å². The van der Waals surface area contributed by atoms with Gasteiger partial charge in [-0.2, -0.15) is 0 Å². The lowest BCUT2D eigenvalue weighted by molar-refractivity contribution is -0.136. The molecule has 0 aliphatic heterocycles. The van der Waals surface area contributed by atoms with Gasteiger partial charge in [0.2, 0.25) is 82.7 Å². The Hall–Kier alpha value is -12.1. The van der Waals surface area contributed by atoms with E-state index in [-0.39, 0.29) is 71.0 Å². The molecule has 526 valence electrons. The number of para-hydroxylation sites is 2. The molecular weight excluding hydrogens is 1270 g/mol. The van der Waals surface area contributed by atoms with Crippen LogP contribution in [0.4, 0.5) is 0 Å². The van der Waals surface area contributed by atoms with Crippen LogP contribution in [0.3, 0.4) is 0 Å². The topological polar surface area (TPSA) is 681 Å². The van der Waals surface area contributed by atoms with Crippen molar-refractivity contribution in [2.45, 2.75) is 126 Å². The van der Waals surface area contributed by atoms with Gasteiger partial charge in [0.1, 0.15) is 48.3 Å². The first kappa shape index (κ1) is 77.4. The number of hydrogen-bond donors (Lipinski definition) is 25. The molecule has 97 heavy (non-hydrogen) atoms. The summed E-state index contributed by atoms with van der Waals surface area (Å²) < 4.78 is 0. The summed E-state index contributed by atoms with van der Waals surface area (Å²) in [6.45, 7) is -0.516. The molecule has 0 aliphatic carbocycles. The summed E-state index contributed by atoms with van der Waals surface area (Å²) in [5.74, 6) is -15.6. The van der Waals surface area contributed by atoms with Crippen LogP contribution >= 0.6 is 0 Å². The molecule has 0 saturated heterocycles. The summed E-state index contributed by atoms with van der Waals surface area (Å²) in [5, 5.41) is 56.3. The number of rotatable bonds is 42. The van der Waals surface area contributed by atoms with Gasteiger partial charge in [0.25, 0.3) is 0 Å². The molecule has 0 aliphatic rings. The summed E-state index contributed by atoms with van der Waals surface area (Å²) >= 11 is 0. The molecule has 2 aromatic carbocycles. The van der Waals surface area contributed by atoms with Crippen molar-refractivity contribution < 1.29 is 67.1 Å². The minimum Gasteiger partial charge on any atom is -0.370 e. The van der Waals surface area contributed by atoms with E-state index < -0.39 is 181 Å². The SMILES string of the molecule is CC(=O)N[C@@H](Cc1c[nH]c2ccccc12)C(=O)N[C@@H](Cc1c[nH]c2ccccc12)C(=O)N[C@@H](CCCNC(=N)N)C(=O)N[C@@H](CCCNC(=N)N)C(=O)N[C@@H](CCCNC(=N)N)C(=O)NCC(=O)NCC(=O)N[C@@H](CC(N)=O)C(=O)N[C@@H](CC(N)=O)C(=O)N[C@@H](CC(N)=O)C(N)=O. The van der Waals surface area contributed by atoms with Crippen LogP contribution in [0.25, 0.3) is 21.8 Å². The number of aromatic nitrogens is 2. The standard InChI is InChI=1S/C58H85N25O14/c1-28(84)76-39(19-29-24-72-33-11-4-2-9-31(29)33)52(94)82-40(20-30-25-73-34-12-5-3-10-32(30)34)53(95)80-37(15-8-18-71-58(67)68)51(93)79-36(14-7-17-70-57(65)66)50(92)78-35(13-6-16-69-56(63)64)49(91)75-26-46(88)74-27-47(89)77-41(22-44(60)86)54(96)83-42(23-45(61)87)55(97)81-38(48(62)90)21-43(59)85/h2-5,9-12,24-25,35-42,72-73H,6-8,13-23,26-27H2,1H3,(H2,59,85)(H2,60,86)(H2,61,87)(H2,62,90)(H,74,88)(H,75,91)(H,76,84)(H,77,89)(H,78,92)(H,79,93)(H,80,95)(H,81,97)(H,82,94)(H,83,96)(H4,63,64,69)(H4,65,66,70)(H4,67,68,71)/t35-,36-,37-,38-,39-,40-,41-,42-/m0/s1. The maximum Gasteiger partial charge on any atom is 0.243 e. The Balaban J connectivity index is 1.57. The number of guanidine groups is 3. The summed E-state index contributed by atoms with van der Waals surface area (Å²) in [6, 6.07) is 1.92. The van der Waals surface area contributed by atoms with Crippen molar-refractivity contribution >= 4 is 122 Å². The summed E-state index contributed by atoms with van der Waals surface area (Å²) in [6.07, 6.45) is 0.267. The van der Waals surface area contributed by atoms with Crippen LogP contribution in [0.15, 0.2) is 60.9 Å². The lowest BCUT2D eigenvalue weighted by Gasteiger charge is -2.27. The van der Waals surface area contributed by atoms with Gasteiger partial charge in [-0.3, -0.25) is 83.4 Å². The van der Waals surface area contributed by atoms with Gasteiger partial charge in [0.15, 0.2) is 17.9 Å². The average Bonchev–Trinajstić information content (AvgIpc) is 1.70. The summed E-state index contributed by atoms with van der Waals surface area (Å²) in [4.78, 5) is 191. The summed E-state index contributed by atoms with van der Waals surface area (Å²) in [5.41, 5.74) is 40.1. The highest BCUT2D eigenvalue weighted by Gasteiger charge is 2.35. The molecule has 0 radical (unpaired) electrons. The molecule has 39 heteroatoms. The first-order chi connectivity index (χ1) is 45.9. The minimum absolute atomic E-state index is 0.00154. The number of carbonyl (C=O) groups excluding carboxylic acids is 14. The van der Waals surface area contributed by atoms with E-state index in [1.165, 1.54) is 6.92 Å². The third kappa shape index (κ3) is 27.6. The molecule has 4 rings (SSSR count). The number of benzene rings is 2. The Morgan fingerprint density at radius 2 is 0.711 bits per heavy atom. The second-order valence-corrected chi connectivity index (χ2v) is 22.2. The monoisotopic (exact) mass is 1360 g/mol. The Bertz CT molecular complexity index is 3550.